The minimum absolute atomic E-state index is 0.231. The Hall–Kier alpha value is -3.35. The quantitative estimate of drug-likeness (QED) is 0.466. The van der Waals surface area contributed by atoms with Gasteiger partial charge >= 0.3 is 6.01 Å². The maximum Gasteiger partial charge on any atom is 0.320 e. The van der Waals surface area contributed by atoms with Crippen molar-refractivity contribution in [1.29, 1.82) is 5.26 Å². The first kappa shape index (κ1) is 23.8. The molecule has 1 aromatic carbocycles. The summed E-state index contributed by atoms with van der Waals surface area (Å²) in [5.41, 5.74) is 9.38. The Kier molecular flexibility index (Phi) is 7.50. The summed E-state index contributed by atoms with van der Waals surface area (Å²) >= 11 is 0. The van der Waals surface area contributed by atoms with Crippen LogP contribution in [-0.2, 0) is 13.1 Å². The van der Waals surface area contributed by atoms with Crippen LogP contribution in [-0.4, -0.2) is 58.8 Å². The summed E-state index contributed by atoms with van der Waals surface area (Å²) in [6.45, 7) is 9.17. The second kappa shape index (κ2) is 10.7. The van der Waals surface area contributed by atoms with Crippen LogP contribution in [0, 0.1) is 11.3 Å². The van der Waals surface area contributed by atoms with Gasteiger partial charge in [-0.05, 0) is 31.0 Å². The first-order valence-electron chi connectivity index (χ1n) is 11.8. The van der Waals surface area contributed by atoms with Crippen molar-refractivity contribution in [2.45, 2.75) is 45.8 Å². The first-order chi connectivity index (χ1) is 16.5. The van der Waals surface area contributed by atoms with Crippen molar-refractivity contribution in [2.24, 2.45) is 0 Å². The van der Waals surface area contributed by atoms with Gasteiger partial charge in [-0.15, -0.1) is 0 Å². The van der Waals surface area contributed by atoms with Crippen molar-refractivity contribution in [1.82, 2.24) is 24.8 Å². The number of hydrogen-bond acceptors (Lipinski definition) is 8. The van der Waals surface area contributed by atoms with Crippen LogP contribution >= 0.6 is 0 Å². The third-order valence-electron chi connectivity index (χ3n) is 6.14. The molecule has 1 aliphatic rings. The van der Waals surface area contributed by atoms with Crippen molar-refractivity contribution in [2.75, 3.05) is 39.1 Å². The van der Waals surface area contributed by atoms with E-state index in [1.165, 1.54) is 5.56 Å². The molecule has 9 nitrogen and oxygen atoms in total. The lowest BCUT2D eigenvalue weighted by atomic mass is 10.1. The summed E-state index contributed by atoms with van der Waals surface area (Å²) in [6.07, 6.45) is 1.91. The van der Waals surface area contributed by atoms with E-state index in [1.807, 2.05) is 4.57 Å². The Morgan fingerprint density at radius 3 is 2.85 bits per heavy atom. The van der Waals surface area contributed by atoms with Crippen molar-refractivity contribution >= 4 is 16.9 Å². The van der Waals surface area contributed by atoms with Gasteiger partial charge in [0.2, 0.25) is 0 Å². The van der Waals surface area contributed by atoms with Crippen LogP contribution in [0.25, 0.3) is 11.0 Å². The molecule has 0 saturated carbocycles. The lowest BCUT2D eigenvalue weighted by molar-refractivity contribution is 0.199. The zero-order valence-corrected chi connectivity index (χ0v) is 20.2. The number of hydrogen-bond donors (Lipinski definition) is 2. The Bertz CT molecular complexity index is 1180. The van der Waals surface area contributed by atoms with Gasteiger partial charge in [0.1, 0.15) is 23.3 Å². The summed E-state index contributed by atoms with van der Waals surface area (Å²) in [5.74, 6) is 1.09. The van der Waals surface area contributed by atoms with E-state index in [9.17, 15) is 5.26 Å². The summed E-state index contributed by atoms with van der Waals surface area (Å²) in [7, 11) is 1.67. The molecule has 3 N–H and O–H groups in total. The van der Waals surface area contributed by atoms with Crippen molar-refractivity contribution < 1.29 is 9.47 Å². The van der Waals surface area contributed by atoms with Gasteiger partial charge in [0.05, 0.1) is 25.6 Å². The molecule has 4 rings (SSSR count). The predicted molar refractivity (Wildman–Crippen MR) is 132 cm³/mol. The maximum absolute atomic E-state index is 9.77. The number of benzene rings is 1. The largest absolute Gasteiger partial charge is 0.496 e. The normalized spacial score (nSPS) is 16.5. The molecule has 34 heavy (non-hydrogen) atoms. The highest BCUT2D eigenvalue weighted by atomic mass is 16.5. The third-order valence-corrected chi connectivity index (χ3v) is 6.14. The van der Waals surface area contributed by atoms with Crippen molar-refractivity contribution in [3.05, 3.63) is 41.1 Å². The maximum atomic E-state index is 9.77. The standard InChI is InChI=1S/C25H33N7O2/c1-4-5-10-34-25-29-23(27)21-12-20(13-26)32(24(21)30-25)16-19-7-6-18(11-22(19)33-3)15-31-9-8-28-17(2)14-31/h6-7,11-12,17,28H,4-5,8-10,14-16H2,1-3H3,(H2,27,29,30)/t17-/m0/s1. The van der Waals surface area contributed by atoms with Crippen LogP contribution < -0.4 is 20.5 Å². The zero-order valence-electron chi connectivity index (χ0n) is 20.2. The fourth-order valence-corrected chi connectivity index (χ4v) is 4.35. The van der Waals surface area contributed by atoms with E-state index in [1.54, 1.807) is 13.2 Å². The molecule has 0 aliphatic carbocycles. The molecular formula is C25H33N7O2. The molecule has 1 aliphatic heterocycles. The van der Waals surface area contributed by atoms with Gasteiger partial charge < -0.3 is 25.1 Å². The molecule has 1 saturated heterocycles. The number of unbranched alkanes of at least 4 members (excludes halogenated alkanes) is 1. The molecule has 0 radical (unpaired) electrons. The fraction of sp³-hybridized carbons (Fsp3) is 0.480. The van der Waals surface area contributed by atoms with Crippen LogP contribution in [0.5, 0.6) is 11.8 Å². The molecular weight excluding hydrogens is 430 g/mol. The SMILES string of the molecule is CCCCOc1nc(N)c2cc(C#N)n(Cc3ccc(CN4CCN[C@@H](C)C4)cc3OC)c2n1. The minimum atomic E-state index is 0.231. The van der Waals surface area contributed by atoms with E-state index in [2.05, 4.69) is 58.3 Å². The number of anilines is 1. The number of nitrogens with two attached hydrogens (primary N) is 1. The van der Waals surface area contributed by atoms with E-state index < -0.39 is 0 Å². The van der Waals surface area contributed by atoms with E-state index in [4.69, 9.17) is 15.2 Å². The number of nitrogen functional groups attached to an aromatic ring is 1. The Morgan fingerprint density at radius 2 is 2.12 bits per heavy atom. The number of ether oxygens (including phenoxy) is 2. The van der Waals surface area contributed by atoms with Gasteiger partial charge in [-0.2, -0.15) is 15.2 Å². The van der Waals surface area contributed by atoms with Gasteiger partial charge in [0.25, 0.3) is 0 Å². The molecule has 1 fully saturated rings. The monoisotopic (exact) mass is 463 g/mol. The minimum Gasteiger partial charge on any atom is -0.496 e. The van der Waals surface area contributed by atoms with Crippen LogP contribution in [0.3, 0.4) is 0 Å². The second-order valence-electron chi connectivity index (χ2n) is 8.79. The zero-order chi connectivity index (χ0) is 24.1. The lowest BCUT2D eigenvalue weighted by Gasteiger charge is -2.31. The van der Waals surface area contributed by atoms with E-state index in [-0.39, 0.29) is 6.01 Å². The molecule has 0 amide bonds. The molecule has 0 unspecified atom stereocenters. The highest BCUT2D eigenvalue weighted by molar-refractivity contribution is 5.88. The molecule has 180 valence electrons. The third kappa shape index (κ3) is 5.24. The van der Waals surface area contributed by atoms with Gasteiger partial charge in [-0.3, -0.25) is 4.90 Å². The summed E-state index contributed by atoms with van der Waals surface area (Å²) < 4.78 is 13.3. The number of aromatic nitrogens is 3. The van der Waals surface area contributed by atoms with E-state index >= 15 is 0 Å². The number of fused-ring (bicyclic) bond motifs is 1. The molecule has 9 heteroatoms. The molecule has 3 heterocycles. The number of nitriles is 1. The topological polar surface area (TPSA) is 114 Å². The van der Waals surface area contributed by atoms with Gasteiger partial charge in [-0.25, -0.2) is 0 Å². The molecule has 3 aromatic rings. The van der Waals surface area contributed by atoms with Crippen molar-refractivity contribution in [3.63, 3.8) is 0 Å². The number of methoxy groups -OCH3 is 1. The molecule has 0 spiro atoms. The smallest absolute Gasteiger partial charge is 0.320 e. The van der Waals surface area contributed by atoms with Crippen LogP contribution in [0.4, 0.5) is 5.82 Å². The fourth-order valence-electron chi connectivity index (χ4n) is 4.35. The molecule has 2 aromatic heterocycles. The predicted octanol–water partition coefficient (Wildman–Crippen LogP) is 2.91. The summed E-state index contributed by atoms with van der Waals surface area (Å²) in [4.78, 5) is 11.3. The van der Waals surface area contributed by atoms with Crippen LogP contribution in [0.1, 0.15) is 43.5 Å². The molecule has 0 bridgehead atoms. The number of rotatable bonds is 9. The highest BCUT2D eigenvalue weighted by Crippen LogP contribution is 2.28. The average molecular weight is 464 g/mol. The molecule has 1 atom stereocenters. The van der Waals surface area contributed by atoms with Gasteiger partial charge in [-0.1, -0.05) is 25.5 Å². The summed E-state index contributed by atoms with van der Waals surface area (Å²) in [5, 5.41) is 13.9. The number of nitrogens with one attached hydrogen (secondary N) is 1. The Labute approximate surface area is 200 Å². The van der Waals surface area contributed by atoms with Crippen LogP contribution in [0.15, 0.2) is 24.3 Å². The Balaban J connectivity index is 1.62. The second-order valence-corrected chi connectivity index (χ2v) is 8.79. The number of piperazine rings is 1. The highest BCUT2D eigenvalue weighted by Gasteiger charge is 2.19. The average Bonchev–Trinajstić information content (AvgIpc) is 3.18. The summed E-state index contributed by atoms with van der Waals surface area (Å²) in [6, 6.07) is 11.0. The van der Waals surface area contributed by atoms with Gasteiger partial charge in [0.15, 0.2) is 5.65 Å². The number of nitrogens with zero attached hydrogens (tertiary/aromatic N) is 5. The first-order valence-corrected chi connectivity index (χ1v) is 11.8. The van der Waals surface area contributed by atoms with Gasteiger partial charge in [0, 0.05) is 37.8 Å². The van der Waals surface area contributed by atoms with Crippen LogP contribution in [0.2, 0.25) is 0 Å². The van der Waals surface area contributed by atoms with Crippen molar-refractivity contribution in [3.8, 4) is 17.8 Å². The Morgan fingerprint density at radius 1 is 1.26 bits per heavy atom. The van der Waals surface area contributed by atoms with E-state index in [0.717, 1.165) is 50.3 Å². The van der Waals surface area contributed by atoms with E-state index in [0.29, 0.717) is 41.7 Å². The lowest BCUT2D eigenvalue weighted by Crippen LogP contribution is -2.48.